The second kappa shape index (κ2) is 5.88. The van der Waals surface area contributed by atoms with Gasteiger partial charge >= 0.3 is 0 Å². The molecule has 0 radical (unpaired) electrons. The minimum Gasteiger partial charge on any atom is -0.334 e. The van der Waals surface area contributed by atoms with Gasteiger partial charge < -0.3 is 10.2 Å². The molecule has 1 amide bonds. The molecule has 1 aromatic carbocycles. The van der Waals surface area contributed by atoms with E-state index in [4.69, 9.17) is 0 Å². The van der Waals surface area contributed by atoms with E-state index in [0.29, 0.717) is 24.5 Å². The molecule has 0 spiro atoms. The molecule has 6 heteroatoms. The zero-order valence-electron chi connectivity index (χ0n) is 12.7. The van der Waals surface area contributed by atoms with E-state index >= 15 is 0 Å². The molecule has 1 N–H and O–H groups in total. The third-order valence-electron chi connectivity index (χ3n) is 3.75. The highest BCUT2D eigenvalue weighted by atomic mass is 19.1. The van der Waals surface area contributed by atoms with E-state index in [-0.39, 0.29) is 23.8 Å². The Kier molecular flexibility index (Phi) is 3.94. The number of nitrogens with zero attached hydrogens (tertiary/aromatic N) is 3. The Balaban J connectivity index is 1.82. The van der Waals surface area contributed by atoms with E-state index in [1.165, 1.54) is 10.7 Å². The Morgan fingerprint density at radius 1 is 1.23 bits per heavy atom. The minimum absolute atomic E-state index is 0.115. The SMILES string of the molecule is CC1CN(C(=O)c2ccn(-c3ccccc3F)n2)CC(C)N1. The monoisotopic (exact) mass is 302 g/mol. The zero-order valence-corrected chi connectivity index (χ0v) is 12.7. The van der Waals surface area contributed by atoms with Crippen molar-refractivity contribution in [2.75, 3.05) is 13.1 Å². The van der Waals surface area contributed by atoms with Crippen LogP contribution in [0.4, 0.5) is 4.39 Å². The Morgan fingerprint density at radius 3 is 2.59 bits per heavy atom. The molecule has 22 heavy (non-hydrogen) atoms. The van der Waals surface area contributed by atoms with Crippen LogP contribution in [0.1, 0.15) is 24.3 Å². The number of benzene rings is 1. The quantitative estimate of drug-likeness (QED) is 0.921. The van der Waals surface area contributed by atoms with Gasteiger partial charge in [-0.05, 0) is 32.0 Å². The highest BCUT2D eigenvalue weighted by Crippen LogP contribution is 2.14. The number of piperazine rings is 1. The molecule has 0 aliphatic carbocycles. The van der Waals surface area contributed by atoms with Gasteiger partial charge in [-0.15, -0.1) is 0 Å². The average Bonchev–Trinajstić information content (AvgIpc) is 2.95. The second-order valence-corrected chi connectivity index (χ2v) is 5.78. The summed E-state index contributed by atoms with van der Waals surface area (Å²) >= 11 is 0. The summed E-state index contributed by atoms with van der Waals surface area (Å²) in [5.74, 6) is -0.482. The average molecular weight is 302 g/mol. The van der Waals surface area contributed by atoms with Crippen LogP contribution in [0.25, 0.3) is 5.69 Å². The van der Waals surface area contributed by atoms with Gasteiger partial charge in [0.2, 0.25) is 0 Å². The van der Waals surface area contributed by atoms with Crippen molar-refractivity contribution in [3.8, 4) is 5.69 Å². The first-order chi connectivity index (χ1) is 10.5. The Hall–Kier alpha value is -2.21. The summed E-state index contributed by atoms with van der Waals surface area (Å²) in [4.78, 5) is 14.3. The topological polar surface area (TPSA) is 50.2 Å². The number of rotatable bonds is 2. The molecule has 1 aliphatic heterocycles. The van der Waals surface area contributed by atoms with Gasteiger partial charge in [0.1, 0.15) is 11.5 Å². The lowest BCUT2D eigenvalue weighted by atomic mass is 10.1. The van der Waals surface area contributed by atoms with Gasteiger partial charge in [0.05, 0.1) is 0 Å². The molecule has 2 heterocycles. The fraction of sp³-hybridized carbons (Fsp3) is 0.375. The number of amides is 1. The van der Waals surface area contributed by atoms with E-state index in [0.717, 1.165) is 0 Å². The molecule has 1 saturated heterocycles. The van der Waals surface area contributed by atoms with Gasteiger partial charge in [-0.1, -0.05) is 12.1 Å². The highest BCUT2D eigenvalue weighted by Gasteiger charge is 2.26. The number of hydrogen-bond donors (Lipinski definition) is 1. The smallest absolute Gasteiger partial charge is 0.274 e. The van der Waals surface area contributed by atoms with Crippen molar-refractivity contribution in [2.45, 2.75) is 25.9 Å². The predicted molar refractivity (Wildman–Crippen MR) is 81.5 cm³/mol. The van der Waals surface area contributed by atoms with Crippen LogP contribution in [0.15, 0.2) is 36.5 Å². The van der Waals surface area contributed by atoms with Gasteiger partial charge in [-0.2, -0.15) is 5.10 Å². The first-order valence-electron chi connectivity index (χ1n) is 7.40. The van der Waals surface area contributed by atoms with Gasteiger partial charge in [-0.25, -0.2) is 9.07 Å². The maximum atomic E-state index is 13.8. The highest BCUT2D eigenvalue weighted by molar-refractivity contribution is 5.92. The van der Waals surface area contributed by atoms with Crippen molar-refractivity contribution < 1.29 is 9.18 Å². The normalized spacial score (nSPS) is 21.9. The van der Waals surface area contributed by atoms with Crippen LogP contribution in [0.3, 0.4) is 0 Å². The number of carbonyl (C=O) groups excluding carboxylic acids is 1. The molecule has 0 bridgehead atoms. The second-order valence-electron chi connectivity index (χ2n) is 5.78. The number of hydrogen-bond acceptors (Lipinski definition) is 3. The first-order valence-corrected chi connectivity index (χ1v) is 7.40. The summed E-state index contributed by atoms with van der Waals surface area (Å²) in [6.07, 6.45) is 1.61. The van der Waals surface area contributed by atoms with Crippen LogP contribution in [0.2, 0.25) is 0 Å². The first kappa shape index (κ1) is 14.7. The molecule has 1 fully saturated rings. The maximum Gasteiger partial charge on any atom is 0.274 e. The summed E-state index contributed by atoms with van der Waals surface area (Å²) in [6.45, 7) is 5.40. The number of nitrogens with one attached hydrogen (secondary N) is 1. The van der Waals surface area contributed by atoms with E-state index in [9.17, 15) is 9.18 Å². The molecule has 5 nitrogen and oxygen atoms in total. The maximum absolute atomic E-state index is 13.8. The number of carbonyl (C=O) groups is 1. The standard InChI is InChI=1S/C16H19FN4O/c1-11-9-20(10-12(2)18-11)16(22)14-7-8-21(19-14)15-6-4-3-5-13(15)17/h3-8,11-12,18H,9-10H2,1-2H3. The third kappa shape index (κ3) is 2.87. The van der Waals surface area contributed by atoms with Crippen molar-refractivity contribution in [3.05, 3.63) is 48.0 Å². The molecule has 1 aromatic heterocycles. The molecule has 2 atom stereocenters. The van der Waals surface area contributed by atoms with Crippen molar-refractivity contribution >= 4 is 5.91 Å². The molecule has 2 aromatic rings. The largest absolute Gasteiger partial charge is 0.334 e. The third-order valence-corrected chi connectivity index (χ3v) is 3.75. The Labute approximate surface area is 128 Å². The lowest BCUT2D eigenvalue weighted by Gasteiger charge is -2.35. The lowest BCUT2D eigenvalue weighted by molar-refractivity contribution is 0.0667. The number of para-hydroxylation sites is 1. The summed E-state index contributed by atoms with van der Waals surface area (Å²) in [5.41, 5.74) is 0.674. The molecule has 2 unspecified atom stereocenters. The Bertz CT molecular complexity index is 674. The molecule has 0 saturated carbocycles. The molecule has 3 rings (SSSR count). The summed E-state index contributed by atoms with van der Waals surface area (Å²) in [5, 5.41) is 7.62. The summed E-state index contributed by atoms with van der Waals surface area (Å²) in [7, 11) is 0. The zero-order chi connectivity index (χ0) is 15.7. The van der Waals surface area contributed by atoms with Crippen LogP contribution < -0.4 is 5.32 Å². The van der Waals surface area contributed by atoms with Gasteiger partial charge in [0, 0.05) is 31.4 Å². The van der Waals surface area contributed by atoms with Crippen molar-refractivity contribution in [2.24, 2.45) is 0 Å². The lowest BCUT2D eigenvalue weighted by Crippen LogP contribution is -2.55. The molecular weight excluding hydrogens is 283 g/mol. The summed E-state index contributed by atoms with van der Waals surface area (Å²) < 4.78 is 15.2. The number of aromatic nitrogens is 2. The van der Waals surface area contributed by atoms with Crippen molar-refractivity contribution in [1.29, 1.82) is 0 Å². The Morgan fingerprint density at radius 2 is 1.91 bits per heavy atom. The van der Waals surface area contributed by atoms with Gasteiger partial charge in [0.25, 0.3) is 5.91 Å². The van der Waals surface area contributed by atoms with Gasteiger partial charge in [0.15, 0.2) is 5.69 Å². The van der Waals surface area contributed by atoms with E-state index in [1.807, 2.05) is 13.8 Å². The van der Waals surface area contributed by atoms with E-state index in [2.05, 4.69) is 10.4 Å². The minimum atomic E-state index is -0.367. The van der Waals surface area contributed by atoms with Crippen LogP contribution in [-0.2, 0) is 0 Å². The van der Waals surface area contributed by atoms with E-state index in [1.54, 1.807) is 35.4 Å². The van der Waals surface area contributed by atoms with Crippen molar-refractivity contribution in [1.82, 2.24) is 20.0 Å². The van der Waals surface area contributed by atoms with Crippen molar-refractivity contribution in [3.63, 3.8) is 0 Å². The fourth-order valence-corrected chi connectivity index (χ4v) is 2.86. The number of halogens is 1. The van der Waals surface area contributed by atoms with Crippen LogP contribution >= 0.6 is 0 Å². The van der Waals surface area contributed by atoms with E-state index < -0.39 is 0 Å². The van der Waals surface area contributed by atoms with Crippen LogP contribution in [-0.4, -0.2) is 45.8 Å². The summed E-state index contributed by atoms with van der Waals surface area (Å²) in [6, 6.07) is 8.50. The van der Waals surface area contributed by atoms with Crippen LogP contribution in [0, 0.1) is 5.82 Å². The van der Waals surface area contributed by atoms with Gasteiger partial charge in [-0.3, -0.25) is 4.79 Å². The molecule has 116 valence electrons. The molecular formula is C16H19FN4O. The fourth-order valence-electron chi connectivity index (χ4n) is 2.86. The molecule has 1 aliphatic rings. The predicted octanol–water partition coefficient (Wildman–Crippen LogP) is 1.83. The van der Waals surface area contributed by atoms with Crippen LogP contribution in [0.5, 0.6) is 0 Å².